The van der Waals surface area contributed by atoms with E-state index in [4.69, 9.17) is 4.74 Å². The lowest BCUT2D eigenvalue weighted by Gasteiger charge is -2.29. The van der Waals surface area contributed by atoms with Crippen LogP contribution in [0.15, 0.2) is 0 Å². The summed E-state index contributed by atoms with van der Waals surface area (Å²) >= 11 is 0. The van der Waals surface area contributed by atoms with Gasteiger partial charge >= 0.3 is 6.18 Å². The first-order chi connectivity index (χ1) is 5.54. The van der Waals surface area contributed by atoms with E-state index in [2.05, 4.69) is 5.32 Å². The van der Waals surface area contributed by atoms with Crippen molar-refractivity contribution < 1.29 is 17.9 Å². The van der Waals surface area contributed by atoms with Crippen LogP contribution < -0.4 is 5.32 Å². The van der Waals surface area contributed by atoms with Crippen LogP contribution in [-0.4, -0.2) is 26.1 Å². The predicted molar refractivity (Wildman–Crippen MR) is 37.6 cm³/mol. The predicted octanol–water partition coefficient (Wildman–Crippen LogP) is 1.52. The summed E-state index contributed by atoms with van der Waals surface area (Å²) < 4.78 is 41.2. The highest BCUT2D eigenvalue weighted by atomic mass is 19.4. The maximum absolute atomic E-state index is 12.1. The molecule has 12 heavy (non-hydrogen) atoms. The molecule has 0 aromatic carbocycles. The summed E-state index contributed by atoms with van der Waals surface area (Å²) in [6.45, 7) is -0.213. The van der Waals surface area contributed by atoms with E-state index in [0.717, 1.165) is 0 Å². The van der Waals surface area contributed by atoms with Crippen molar-refractivity contribution in [3.8, 4) is 0 Å². The van der Waals surface area contributed by atoms with Crippen LogP contribution >= 0.6 is 0 Å². The number of alkyl halides is 3. The third-order valence-electron chi connectivity index (χ3n) is 2.06. The molecule has 1 heterocycles. The van der Waals surface area contributed by atoms with Gasteiger partial charge in [0, 0.05) is 0 Å². The minimum absolute atomic E-state index is 0.162. The van der Waals surface area contributed by atoms with E-state index in [1.807, 2.05) is 0 Å². The normalized spacial score (nSPS) is 32.0. The molecule has 0 aromatic heterocycles. The molecule has 0 spiro atoms. The quantitative estimate of drug-likeness (QED) is 0.665. The fraction of sp³-hybridized carbons (Fsp3) is 1.00. The minimum Gasteiger partial charge on any atom is -0.363 e. The summed E-state index contributed by atoms with van der Waals surface area (Å²) in [7, 11) is 1.68. The molecule has 0 aromatic rings. The lowest BCUT2D eigenvalue weighted by molar-refractivity contribution is -0.209. The molecule has 0 aliphatic carbocycles. The Labute approximate surface area is 69.1 Å². The van der Waals surface area contributed by atoms with Crippen molar-refractivity contribution in [2.45, 2.75) is 25.2 Å². The summed E-state index contributed by atoms with van der Waals surface area (Å²) in [4.78, 5) is 0. The fourth-order valence-electron chi connectivity index (χ4n) is 1.24. The second kappa shape index (κ2) is 3.62. The van der Waals surface area contributed by atoms with Gasteiger partial charge in [0.15, 0.2) is 0 Å². The van der Waals surface area contributed by atoms with Crippen LogP contribution in [0.3, 0.4) is 0 Å². The van der Waals surface area contributed by atoms with Gasteiger partial charge in [0.05, 0.1) is 12.5 Å². The molecule has 2 unspecified atom stereocenters. The topological polar surface area (TPSA) is 21.3 Å². The smallest absolute Gasteiger partial charge is 0.363 e. The maximum atomic E-state index is 12.1. The van der Waals surface area contributed by atoms with Crippen molar-refractivity contribution >= 4 is 0 Å². The molecule has 1 fully saturated rings. The lowest BCUT2D eigenvalue weighted by atomic mass is 10.0. The molecule has 2 atom stereocenters. The van der Waals surface area contributed by atoms with Gasteiger partial charge in [0.2, 0.25) is 0 Å². The Balaban J connectivity index is 2.36. The molecular formula is C7H12F3NO. The van der Waals surface area contributed by atoms with Crippen LogP contribution in [0.25, 0.3) is 0 Å². The third-order valence-corrected chi connectivity index (χ3v) is 2.06. The minimum atomic E-state index is -4.10. The SMILES string of the molecule is CNC1CCC(C(F)(F)F)CO1. The number of halogens is 3. The third kappa shape index (κ3) is 2.35. The summed E-state index contributed by atoms with van der Waals surface area (Å²) in [6.07, 6.45) is -3.71. The van der Waals surface area contributed by atoms with E-state index < -0.39 is 12.1 Å². The number of ether oxygens (including phenoxy) is 1. The Hall–Kier alpha value is -0.290. The first-order valence-electron chi connectivity index (χ1n) is 3.89. The summed E-state index contributed by atoms with van der Waals surface area (Å²) in [5.41, 5.74) is 0. The van der Waals surface area contributed by atoms with Gasteiger partial charge in [-0.1, -0.05) is 0 Å². The summed E-state index contributed by atoms with van der Waals surface area (Å²) in [5, 5.41) is 2.79. The van der Waals surface area contributed by atoms with E-state index in [9.17, 15) is 13.2 Å². The van der Waals surface area contributed by atoms with E-state index in [-0.39, 0.29) is 19.3 Å². The molecule has 1 aliphatic rings. The van der Waals surface area contributed by atoms with Crippen molar-refractivity contribution in [3.05, 3.63) is 0 Å². The molecule has 0 amide bonds. The van der Waals surface area contributed by atoms with Gasteiger partial charge in [-0.05, 0) is 19.9 Å². The zero-order valence-corrected chi connectivity index (χ0v) is 6.82. The highest BCUT2D eigenvalue weighted by Crippen LogP contribution is 2.33. The Kier molecular flexibility index (Phi) is 2.95. The van der Waals surface area contributed by atoms with Crippen LogP contribution in [0, 0.1) is 5.92 Å². The van der Waals surface area contributed by atoms with Crippen molar-refractivity contribution in [3.63, 3.8) is 0 Å². The second-order valence-corrected chi connectivity index (χ2v) is 2.93. The van der Waals surface area contributed by atoms with Crippen molar-refractivity contribution in [1.29, 1.82) is 0 Å². The first kappa shape index (κ1) is 9.80. The second-order valence-electron chi connectivity index (χ2n) is 2.93. The highest BCUT2D eigenvalue weighted by molar-refractivity contribution is 4.73. The number of hydrogen-bond donors (Lipinski definition) is 1. The monoisotopic (exact) mass is 183 g/mol. The van der Waals surface area contributed by atoms with Crippen LogP contribution in [0.5, 0.6) is 0 Å². The largest absolute Gasteiger partial charge is 0.394 e. The lowest BCUT2D eigenvalue weighted by Crippen LogP contribution is -2.40. The number of nitrogens with one attached hydrogen (secondary N) is 1. The fourth-order valence-corrected chi connectivity index (χ4v) is 1.24. The summed E-state index contributed by atoms with van der Waals surface area (Å²) in [5.74, 6) is -1.28. The van der Waals surface area contributed by atoms with Crippen LogP contribution in [0.1, 0.15) is 12.8 Å². The average molecular weight is 183 g/mol. The highest BCUT2D eigenvalue weighted by Gasteiger charge is 2.41. The van der Waals surface area contributed by atoms with Gasteiger partial charge in [-0.2, -0.15) is 13.2 Å². The molecule has 1 saturated heterocycles. The van der Waals surface area contributed by atoms with Gasteiger partial charge in [-0.15, -0.1) is 0 Å². The van der Waals surface area contributed by atoms with Crippen LogP contribution in [0.4, 0.5) is 13.2 Å². The summed E-state index contributed by atoms with van der Waals surface area (Å²) in [6, 6.07) is 0. The molecule has 1 N–H and O–H groups in total. The van der Waals surface area contributed by atoms with Crippen LogP contribution in [0.2, 0.25) is 0 Å². The van der Waals surface area contributed by atoms with Gasteiger partial charge in [-0.25, -0.2) is 0 Å². The van der Waals surface area contributed by atoms with Crippen molar-refractivity contribution in [2.24, 2.45) is 5.92 Å². The van der Waals surface area contributed by atoms with Crippen molar-refractivity contribution in [1.82, 2.24) is 5.32 Å². The average Bonchev–Trinajstić information content (AvgIpc) is 2.03. The molecule has 1 rings (SSSR count). The molecule has 0 saturated carbocycles. The molecular weight excluding hydrogens is 171 g/mol. The molecule has 1 aliphatic heterocycles. The van der Waals surface area contributed by atoms with E-state index in [0.29, 0.717) is 6.42 Å². The van der Waals surface area contributed by atoms with E-state index >= 15 is 0 Å². The molecule has 0 radical (unpaired) electrons. The molecule has 72 valence electrons. The number of rotatable bonds is 1. The molecule has 5 heteroatoms. The standard InChI is InChI=1S/C7H12F3NO/c1-11-6-3-2-5(4-12-6)7(8,9)10/h5-6,11H,2-4H2,1H3. The molecule has 0 bridgehead atoms. The maximum Gasteiger partial charge on any atom is 0.394 e. The Bertz CT molecular complexity index is 140. The molecule has 2 nitrogen and oxygen atoms in total. The van der Waals surface area contributed by atoms with Gasteiger partial charge in [-0.3, -0.25) is 5.32 Å². The van der Waals surface area contributed by atoms with Crippen LogP contribution in [-0.2, 0) is 4.74 Å². The van der Waals surface area contributed by atoms with Gasteiger partial charge in [0.1, 0.15) is 6.23 Å². The first-order valence-corrected chi connectivity index (χ1v) is 3.89. The van der Waals surface area contributed by atoms with Gasteiger partial charge < -0.3 is 4.74 Å². The van der Waals surface area contributed by atoms with Crippen molar-refractivity contribution in [2.75, 3.05) is 13.7 Å². The Morgan fingerprint density at radius 2 is 2.00 bits per heavy atom. The van der Waals surface area contributed by atoms with E-state index in [1.165, 1.54) is 0 Å². The Morgan fingerprint density at radius 1 is 1.33 bits per heavy atom. The van der Waals surface area contributed by atoms with Gasteiger partial charge in [0.25, 0.3) is 0 Å². The number of hydrogen-bond acceptors (Lipinski definition) is 2. The van der Waals surface area contributed by atoms with E-state index in [1.54, 1.807) is 7.05 Å². The Morgan fingerprint density at radius 3 is 2.33 bits per heavy atom. The zero-order valence-electron chi connectivity index (χ0n) is 6.82. The zero-order chi connectivity index (χ0) is 9.19.